The van der Waals surface area contributed by atoms with Crippen molar-refractivity contribution in [2.75, 3.05) is 4.90 Å². The predicted molar refractivity (Wildman–Crippen MR) is 102 cm³/mol. The average molecular weight is 464 g/mol. The molecule has 0 N–H and O–H groups in total. The first-order valence-corrected chi connectivity index (χ1v) is 9.80. The lowest BCUT2D eigenvalue weighted by Gasteiger charge is -2.34. The van der Waals surface area contributed by atoms with Crippen LogP contribution in [0.15, 0.2) is 34.8 Å². The second-order valence-corrected chi connectivity index (χ2v) is 8.15. The van der Waals surface area contributed by atoms with Gasteiger partial charge in [0.1, 0.15) is 0 Å². The van der Waals surface area contributed by atoms with Crippen molar-refractivity contribution in [2.45, 2.75) is 38.8 Å². The lowest BCUT2D eigenvalue weighted by Crippen LogP contribution is -2.52. The summed E-state index contributed by atoms with van der Waals surface area (Å²) in [6, 6.07) is 5.19. The van der Waals surface area contributed by atoms with Gasteiger partial charge in [0.05, 0.1) is 23.6 Å². The predicted octanol–water partition coefficient (Wildman–Crippen LogP) is 2.02. The molecular weight excluding hydrogens is 446 g/mol. The molecule has 152 valence electrons. The maximum absolute atomic E-state index is 13.4. The Kier molecular flexibility index (Phi) is 4.62. The van der Waals surface area contributed by atoms with Gasteiger partial charge in [0, 0.05) is 18.3 Å². The molecule has 4 atom stereocenters. The third-order valence-electron chi connectivity index (χ3n) is 5.41. The van der Waals surface area contributed by atoms with Crippen LogP contribution in [0.5, 0.6) is 0 Å². The van der Waals surface area contributed by atoms with Gasteiger partial charge in [0.25, 0.3) is 6.29 Å². The average Bonchev–Trinajstić information content (AvgIpc) is 3.28. The molecule has 0 unspecified atom stereocenters. The lowest BCUT2D eigenvalue weighted by atomic mass is 9.76. The van der Waals surface area contributed by atoms with E-state index in [-0.39, 0.29) is 0 Å². The Hall–Kier alpha value is -2.52. The number of benzene rings is 1. The van der Waals surface area contributed by atoms with Crippen LogP contribution in [0.25, 0.3) is 0 Å². The smallest absolute Gasteiger partial charge is 0.305 e. The molecule has 0 radical (unpaired) electrons. The number of esters is 2. The molecule has 3 aliphatic heterocycles. The van der Waals surface area contributed by atoms with Gasteiger partial charge in [-0.1, -0.05) is 28.1 Å². The summed E-state index contributed by atoms with van der Waals surface area (Å²) in [5, 5.41) is 0. The van der Waals surface area contributed by atoms with Gasteiger partial charge in [0.2, 0.25) is 11.8 Å². The molecule has 0 spiro atoms. The highest BCUT2D eigenvalue weighted by Crippen LogP contribution is 2.54. The first-order chi connectivity index (χ1) is 13.7. The summed E-state index contributed by atoms with van der Waals surface area (Å²) < 4.78 is 17.0. The molecule has 4 rings (SSSR count). The molecule has 9 heteroatoms. The van der Waals surface area contributed by atoms with Crippen LogP contribution < -0.4 is 4.90 Å². The molecule has 3 heterocycles. The first kappa shape index (κ1) is 19.8. The third-order valence-corrected chi connectivity index (χ3v) is 6.26. The minimum absolute atomic E-state index is 0.406. The van der Waals surface area contributed by atoms with Crippen molar-refractivity contribution in [2.24, 2.45) is 11.8 Å². The van der Waals surface area contributed by atoms with E-state index in [0.717, 1.165) is 28.8 Å². The Bertz CT molecular complexity index is 958. The van der Waals surface area contributed by atoms with Gasteiger partial charge in [0.15, 0.2) is 5.60 Å². The van der Waals surface area contributed by atoms with Crippen molar-refractivity contribution in [3.63, 3.8) is 0 Å². The zero-order chi connectivity index (χ0) is 21.1. The van der Waals surface area contributed by atoms with Crippen LogP contribution in [0.2, 0.25) is 0 Å². The first-order valence-electron chi connectivity index (χ1n) is 9.01. The third kappa shape index (κ3) is 2.91. The van der Waals surface area contributed by atoms with Crippen LogP contribution in [0.1, 0.15) is 19.4 Å². The maximum Gasteiger partial charge on any atom is 0.305 e. The molecule has 29 heavy (non-hydrogen) atoms. The minimum Gasteiger partial charge on any atom is -0.422 e. The number of carbonyl (C=O) groups excluding carboxylic acids is 4. The molecule has 8 nitrogen and oxygen atoms in total. The van der Waals surface area contributed by atoms with Gasteiger partial charge < -0.3 is 14.2 Å². The SMILES string of the molecule is CC(=O)OC(OC(C)=O)[C@]12C=C[C@H](O1)[C@@H]1C(=O)N(c3ccc(C)c(Br)c3)C(=O)[C@@H]12. The number of ether oxygens (including phenoxy) is 3. The largest absolute Gasteiger partial charge is 0.422 e. The molecule has 2 bridgehead atoms. The summed E-state index contributed by atoms with van der Waals surface area (Å²) in [4.78, 5) is 50.8. The Morgan fingerprint density at radius 3 is 2.41 bits per heavy atom. The zero-order valence-corrected chi connectivity index (χ0v) is 17.5. The monoisotopic (exact) mass is 463 g/mol. The number of aryl methyl sites for hydroxylation is 1. The number of anilines is 1. The zero-order valence-electron chi connectivity index (χ0n) is 15.9. The second-order valence-electron chi connectivity index (χ2n) is 7.29. The van der Waals surface area contributed by atoms with Crippen LogP contribution in [0, 0.1) is 18.8 Å². The maximum atomic E-state index is 13.4. The lowest BCUT2D eigenvalue weighted by molar-refractivity contribution is -0.226. The fourth-order valence-corrected chi connectivity index (χ4v) is 4.56. The van der Waals surface area contributed by atoms with E-state index in [1.807, 2.05) is 6.92 Å². The van der Waals surface area contributed by atoms with E-state index in [1.165, 1.54) is 0 Å². The summed E-state index contributed by atoms with van der Waals surface area (Å²) >= 11 is 3.42. The number of halogens is 1. The molecule has 2 saturated heterocycles. The number of amides is 2. The van der Waals surface area contributed by atoms with E-state index < -0.39 is 53.6 Å². The number of nitrogens with zero attached hydrogens (tertiary/aromatic N) is 1. The number of imide groups is 1. The Morgan fingerprint density at radius 1 is 1.17 bits per heavy atom. The highest BCUT2D eigenvalue weighted by Gasteiger charge is 2.72. The van der Waals surface area contributed by atoms with Crippen molar-refractivity contribution < 1.29 is 33.4 Å². The highest BCUT2D eigenvalue weighted by atomic mass is 79.9. The van der Waals surface area contributed by atoms with Gasteiger partial charge in [-0.3, -0.25) is 19.2 Å². The van der Waals surface area contributed by atoms with Gasteiger partial charge in [-0.05, 0) is 30.7 Å². The van der Waals surface area contributed by atoms with Crippen molar-refractivity contribution in [1.29, 1.82) is 0 Å². The van der Waals surface area contributed by atoms with E-state index in [1.54, 1.807) is 30.4 Å². The van der Waals surface area contributed by atoms with E-state index in [2.05, 4.69) is 15.9 Å². The fraction of sp³-hybridized carbons (Fsp3) is 0.400. The van der Waals surface area contributed by atoms with Crippen molar-refractivity contribution in [3.8, 4) is 0 Å². The quantitative estimate of drug-likeness (QED) is 0.291. The van der Waals surface area contributed by atoms with Crippen LogP contribution in [-0.2, 0) is 33.4 Å². The van der Waals surface area contributed by atoms with Crippen LogP contribution in [0.3, 0.4) is 0 Å². The van der Waals surface area contributed by atoms with Crippen molar-refractivity contribution >= 4 is 45.4 Å². The molecule has 1 aromatic carbocycles. The highest BCUT2D eigenvalue weighted by molar-refractivity contribution is 9.10. The molecule has 2 amide bonds. The second kappa shape index (κ2) is 6.77. The number of carbonyl (C=O) groups is 4. The standard InChI is InChI=1S/C20H18BrNO7/c1-9-4-5-12(8-13(9)21)22-17(25)15-14-6-7-20(29-14,16(15)18(22)26)19(27-10(2)23)28-11(3)24/h4-8,14-16,19H,1-3H3/t14-,15-,16+,20+/m0/s1. The Morgan fingerprint density at radius 2 is 1.83 bits per heavy atom. The van der Waals surface area contributed by atoms with Crippen LogP contribution >= 0.6 is 15.9 Å². The molecular formula is C20H18BrNO7. The van der Waals surface area contributed by atoms with Gasteiger partial charge in [-0.2, -0.15) is 0 Å². The summed E-state index contributed by atoms with van der Waals surface area (Å²) in [7, 11) is 0. The number of fused-ring (bicyclic) bond motifs is 5. The van der Waals surface area contributed by atoms with Crippen LogP contribution in [0.4, 0.5) is 5.69 Å². The normalized spacial score (nSPS) is 29.6. The molecule has 0 aromatic heterocycles. The number of hydrogen-bond donors (Lipinski definition) is 0. The van der Waals surface area contributed by atoms with Crippen molar-refractivity contribution in [3.05, 3.63) is 40.4 Å². The summed E-state index contributed by atoms with van der Waals surface area (Å²) in [5.74, 6) is -4.07. The Labute approximate surface area is 174 Å². The molecule has 2 fully saturated rings. The molecule has 0 saturated carbocycles. The van der Waals surface area contributed by atoms with Crippen molar-refractivity contribution in [1.82, 2.24) is 0 Å². The van der Waals surface area contributed by atoms with Gasteiger partial charge in [-0.25, -0.2) is 4.90 Å². The minimum atomic E-state index is -1.55. The van der Waals surface area contributed by atoms with E-state index in [4.69, 9.17) is 14.2 Å². The van der Waals surface area contributed by atoms with E-state index in [0.29, 0.717) is 5.69 Å². The summed E-state index contributed by atoms with van der Waals surface area (Å²) in [6.07, 6.45) is 1.04. The molecule has 0 aliphatic carbocycles. The van der Waals surface area contributed by atoms with Gasteiger partial charge >= 0.3 is 11.9 Å². The molecule has 1 aromatic rings. The molecule has 3 aliphatic rings. The number of hydrogen-bond acceptors (Lipinski definition) is 7. The fourth-order valence-electron chi connectivity index (χ4n) is 4.19. The van der Waals surface area contributed by atoms with Gasteiger partial charge in [-0.15, -0.1) is 0 Å². The Balaban J connectivity index is 1.75. The number of rotatable bonds is 4. The van der Waals surface area contributed by atoms with E-state index in [9.17, 15) is 19.2 Å². The summed E-state index contributed by atoms with van der Waals surface area (Å²) in [5.41, 5.74) is -0.159. The van der Waals surface area contributed by atoms with E-state index >= 15 is 0 Å². The van der Waals surface area contributed by atoms with Crippen LogP contribution in [-0.4, -0.2) is 41.7 Å². The summed E-state index contributed by atoms with van der Waals surface area (Å²) in [6.45, 7) is 4.22. The topological polar surface area (TPSA) is 99.2 Å².